The van der Waals surface area contributed by atoms with E-state index in [9.17, 15) is 0 Å². The van der Waals surface area contributed by atoms with E-state index in [0.29, 0.717) is 0 Å². The van der Waals surface area contributed by atoms with Gasteiger partial charge in [0.05, 0.1) is 27.8 Å². The molecular formula is C71H44N2O. The Balaban J connectivity index is 0.928. The monoisotopic (exact) mass is 940 g/mol. The van der Waals surface area contributed by atoms with E-state index in [-0.39, 0.29) is 0 Å². The van der Waals surface area contributed by atoms with Gasteiger partial charge in [0.2, 0.25) is 0 Å². The van der Waals surface area contributed by atoms with Crippen molar-refractivity contribution in [3.8, 4) is 50.2 Å². The van der Waals surface area contributed by atoms with Gasteiger partial charge in [-0.3, -0.25) is 0 Å². The molecule has 344 valence electrons. The van der Waals surface area contributed by atoms with E-state index < -0.39 is 5.41 Å². The van der Waals surface area contributed by atoms with Gasteiger partial charge in [0.25, 0.3) is 0 Å². The Kier molecular flexibility index (Phi) is 8.66. The summed E-state index contributed by atoms with van der Waals surface area (Å²) in [5, 5.41) is 7.07. The van der Waals surface area contributed by atoms with Crippen molar-refractivity contribution < 1.29 is 4.42 Å². The Hall–Kier alpha value is -9.70. The summed E-state index contributed by atoms with van der Waals surface area (Å²) in [4.78, 5) is 2.48. The van der Waals surface area contributed by atoms with E-state index in [2.05, 4.69) is 276 Å². The smallest absolute Gasteiger partial charge is 0.136 e. The number of aromatic nitrogens is 1. The van der Waals surface area contributed by atoms with E-state index in [1.807, 2.05) is 0 Å². The molecule has 0 unspecified atom stereocenters. The van der Waals surface area contributed by atoms with Crippen LogP contribution in [0.4, 0.5) is 17.1 Å². The van der Waals surface area contributed by atoms with Gasteiger partial charge in [-0.1, -0.05) is 200 Å². The molecule has 0 amide bonds. The third-order valence-electron chi connectivity index (χ3n) is 16.2. The van der Waals surface area contributed by atoms with Gasteiger partial charge in [-0.15, -0.1) is 0 Å². The number of para-hydroxylation sites is 4. The van der Waals surface area contributed by atoms with Gasteiger partial charge in [0.1, 0.15) is 11.2 Å². The number of fused-ring (bicyclic) bond motifs is 17. The Morgan fingerprint density at radius 1 is 0.324 bits per heavy atom. The molecular weight excluding hydrogens is 897 g/mol. The maximum Gasteiger partial charge on any atom is 0.136 e. The second-order valence-corrected chi connectivity index (χ2v) is 19.9. The highest BCUT2D eigenvalue weighted by molar-refractivity contribution is 6.17. The fourth-order valence-electron chi connectivity index (χ4n) is 13.2. The molecule has 1 spiro atoms. The van der Waals surface area contributed by atoms with Crippen LogP contribution in [0.3, 0.4) is 0 Å². The van der Waals surface area contributed by atoms with E-state index in [0.717, 1.165) is 66.8 Å². The van der Waals surface area contributed by atoms with Gasteiger partial charge >= 0.3 is 0 Å². The summed E-state index contributed by atoms with van der Waals surface area (Å²) in [5.41, 5.74) is 23.0. The predicted octanol–water partition coefficient (Wildman–Crippen LogP) is 19.0. The molecule has 3 nitrogen and oxygen atoms in total. The minimum atomic E-state index is -0.495. The molecule has 2 aromatic heterocycles. The zero-order valence-electron chi connectivity index (χ0n) is 40.2. The van der Waals surface area contributed by atoms with Crippen molar-refractivity contribution in [1.82, 2.24) is 4.57 Å². The van der Waals surface area contributed by atoms with Gasteiger partial charge < -0.3 is 13.9 Å². The lowest BCUT2D eigenvalue weighted by Crippen LogP contribution is -2.26. The number of benzene rings is 12. The second kappa shape index (κ2) is 15.6. The summed E-state index contributed by atoms with van der Waals surface area (Å²) in [7, 11) is 0. The molecule has 2 heterocycles. The third-order valence-corrected chi connectivity index (χ3v) is 16.2. The van der Waals surface area contributed by atoms with Crippen LogP contribution >= 0.6 is 0 Å². The fraction of sp³-hybridized carbons (Fsp3) is 0.0141. The van der Waals surface area contributed by atoms with E-state index in [1.54, 1.807) is 0 Å². The lowest BCUT2D eigenvalue weighted by Gasteiger charge is -2.32. The summed E-state index contributed by atoms with van der Waals surface area (Å²) >= 11 is 0. The zero-order valence-corrected chi connectivity index (χ0v) is 40.2. The average Bonchev–Trinajstić information content (AvgIpc) is 4.32. The molecule has 0 fully saturated rings. The Morgan fingerprint density at radius 3 is 1.51 bits per heavy atom. The molecule has 0 saturated carbocycles. The van der Waals surface area contributed by atoms with Crippen molar-refractivity contribution in [2.24, 2.45) is 0 Å². The number of anilines is 3. The first kappa shape index (κ1) is 41.0. The molecule has 0 aliphatic heterocycles. The summed E-state index contributed by atoms with van der Waals surface area (Å²) < 4.78 is 9.14. The number of furan rings is 1. The van der Waals surface area contributed by atoms with Crippen molar-refractivity contribution >= 4 is 71.6 Å². The van der Waals surface area contributed by atoms with Crippen molar-refractivity contribution in [3.05, 3.63) is 289 Å². The Bertz CT molecular complexity index is 4510. The summed E-state index contributed by atoms with van der Waals surface area (Å²) in [6.45, 7) is 0. The number of hydrogen-bond donors (Lipinski definition) is 0. The standard InChI is InChI=1S/C71H44N2O/c1-2-19-47-43-69-59(42-46(47)18-1)70-58(27-17-35-68(70)74-69)57-26-9-14-32-65(57)72(48-38-36-45(37-39-48)50-20-6-13-31-64(50)73-66-33-15-7-24-55(66)56-25-8-16-34-67(56)73)49-40-41-54-53-23-5-12-30-62(53)71(63(54)44-49)60-28-10-3-21-51(60)52-22-4-11-29-61(52)71/h1-44H. The highest BCUT2D eigenvalue weighted by Gasteiger charge is 2.51. The average molecular weight is 941 g/mol. The predicted molar refractivity (Wildman–Crippen MR) is 307 cm³/mol. The molecule has 0 radical (unpaired) electrons. The van der Waals surface area contributed by atoms with Crippen LogP contribution in [-0.4, -0.2) is 4.57 Å². The highest BCUT2D eigenvalue weighted by atomic mass is 16.3. The van der Waals surface area contributed by atoms with Gasteiger partial charge in [-0.2, -0.15) is 0 Å². The number of rotatable bonds is 6. The second-order valence-electron chi connectivity index (χ2n) is 19.9. The van der Waals surface area contributed by atoms with Crippen LogP contribution in [0.25, 0.3) is 105 Å². The van der Waals surface area contributed by atoms with Gasteiger partial charge in [0, 0.05) is 44.0 Å². The van der Waals surface area contributed by atoms with Crippen molar-refractivity contribution in [2.45, 2.75) is 5.41 Å². The highest BCUT2D eigenvalue weighted by Crippen LogP contribution is 2.63. The number of nitrogens with zero attached hydrogens (tertiary/aromatic N) is 2. The SMILES string of the molecule is c1ccc(N(c2ccc(-c3ccccc3-n3c4ccccc4c4ccccc43)cc2)c2ccc3c(c2)C2(c4ccccc4-c4ccccc42)c2ccccc2-3)c(-c2cccc3oc4cc5ccccc5cc4c23)c1. The minimum Gasteiger partial charge on any atom is -0.456 e. The van der Waals surface area contributed by atoms with Crippen molar-refractivity contribution in [1.29, 1.82) is 0 Å². The molecule has 74 heavy (non-hydrogen) atoms. The molecule has 2 aliphatic carbocycles. The van der Waals surface area contributed by atoms with Crippen molar-refractivity contribution in [2.75, 3.05) is 4.90 Å². The summed E-state index contributed by atoms with van der Waals surface area (Å²) in [6.07, 6.45) is 0. The molecule has 0 N–H and O–H groups in total. The quantitative estimate of drug-likeness (QED) is 0.166. The molecule has 16 rings (SSSR count). The van der Waals surface area contributed by atoms with Gasteiger partial charge in [-0.25, -0.2) is 0 Å². The fourth-order valence-corrected chi connectivity index (χ4v) is 13.2. The van der Waals surface area contributed by atoms with E-state index in [1.165, 1.54) is 77.3 Å². The van der Waals surface area contributed by atoms with Crippen LogP contribution in [0.5, 0.6) is 0 Å². The Morgan fingerprint density at radius 2 is 0.838 bits per heavy atom. The molecule has 12 aromatic carbocycles. The first-order valence-electron chi connectivity index (χ1n) is 25.6. The van der Waals surface area contributed by atoms with Crippen LogP contribution in [0.15, 0.2) is 271 Å². The molecule has 0 saturated heterocycles. The third kappa shape index (κ3) is 5.66. The molecule has 14 aromatic rings. The zero-order chi connectivity index (χ0) is 48.5. The largest absolute Gasteiger partial charge is 0.456 e. The first-order valence-corrected chi connectivity index (χ1v) is 25.6. The normalized spacial score (nSPS) is 13.0. The molecule has 2 aliphatic rings. The van der Waals surface area contributed by atoms with Crippen LogP contribution in [-0.2, 0) is 5.41 Å². The van der Waals surface area contributed by atoms with Crippen LogP contribution in [0.1, 0.15) is 22.3 Å². The van der Waals surface area contributed by atoms with E-state index in [4.69, 9.17) is 4.42 Å². The lowest BCUT2D eigenvalue weighted by atomic mass is 9.70. The van der Waals surface area contributed by atoms with Crippen LogP contribution < -0.4 is 4.90 Å². The lowest BCUT2D eigenvalue weighted by molar-refractivity contribution is 0.669. The molecule has 3 heteroatoms. The maximum atomic E-state index is 6.71. The molecule has 0 atom stereocenters. The molecule has 0 bridgehead atoms. The van der Waals surface area contributed by atoms with Gasteiger partial charge in [0.15, 0.2) is 0 Å². The Labute approximate surface area is 428 Å². The van der Waals surface area contributed by atoms with Crippen LogP contribution in [0, 0.1) is 0 Å². The maximum absolute atomic E-state index is 6.71. The first-order chi connectivity index (χ1) is 36.7. The number of hydrogen-bond acceptors (Lipinski definition) is 2. The minimum absolute atomic E-state index is 0.495. The van der Waals surface area contributed by atoms with E-state index >= 15 is 0 Å². The van der Waals surface area contributed by atoms with Crippen LogP contribution in [0.2, 0.25) is 0 Å². The summed E-state index contributed by atoms with van der Waals surface area (Å²) in [6, 6.07) is 98.4. The topological polar surface area (TPSA) is 21.3 Å². The van der Waals surface area contributed by atoms with Gasteiger partial charge in [-0.05, 0) is 133 Å². The summed E-state index contributed by atoms with van der Waals surface area (Å²) in [5.74, 6) is 0. The van der Waals surface area contributed by atoms with Crippen molar-refractivity contribution in [3.63, 3.8) is 0 Å².